The first-order valence-corrected chi connectivity index (χ1v) is 9.46. The molecule has 3 rings (SSSR count). The number of rotatable bonds is 7. The van der Waals surface area contributed by atoms with Gasteiger partial charge in [-0.25, -0.2) is 0 Å². The van der Waals surface area contributed by atoms with Gasteiger partial charge in [-0.15, -0.1) is 5.10 Å². The van der Waals surface area contributed by atoms with Crippen LogP contribution in [0.4, 0.5) is 0 Å². The van der Waals surface area contributed by atoms with Crippen LogP contribution in [0, 0.1) is 13.8 Å². The van der Waals surface area contributed by atoms with Gasteiger partial charge in [-0.3, -0.25) is 5.10 Å². The van der Waals surface area contributed by atoms with Crippen LogP contribution in [0.25, 0.3) is 0 Å². The maximum Gasteiger partial charge on any atom is 0.250 e. The van der Waals surface area contributed by atoms with Gasteiger partial charge in [0, 0.05) is 22.6 Å². The second-order valence-electron chi connectivity index (χ2n) is 6.60. The molecule has 0 saturated heterocycles. The van der Waals surface area contributed by atoms with Gasteiger partial charge in [0.1, 0.15) is 5.75 Å². The highest BCUT2D eigenvalue weighted by atomic mass is 32.2. The molecule has 0 amide bonds. The minimum Gasteiger partial charge on any atom is -0.491 e. The molecule has 136 valence electrons. The van der Waals surface area contributed by atoms with Crippen LogP contribution in [-0.4, -0.2) is 16.3 Å². The van der Waals surface area contributed by atoms with E-state index in [-0.39, 0.29) is 6.10 Å². The summed E-state index contributed by atoms with van der Waals surface area (Å²) in [5.74, 6) is 1.52. The van der Waals surface area contributed by atoms with E-state index < -0.39 is 0 Å². The summed E-state index contributed by atoms with van der Waals surface area (Å²) in [7, 11) is 0. The van der Waals surface area contributed by atoms with Crippen molar-refractivity contribution in [1.82, 2.24) is 10.2 Å². The van der Waals surface area contributed by atoms with E-state index in [2.05, 4.69) is 41.4 Å². The Hall–Kier alpha value is -2.40. The molecule has 0 spiro atoms. The number of nitrogens with one attached hydrogen (secondary N) is 1. The fourth-order valence-electron chi connectivity index (χ4n) is 2.55. The molecule has 26 heavy (non-hydrogen) atoms. The van der Waals surface area contributed by atoms with Crippen molar-refractivity contribution in [2.24, 2.45) is 0 Å². The van der Waals surface area contributed by atoms with Crippen molar-refractivity contribution < 1.29 is 8.92 Å². The van der Waals surface area contributed by atoms with Crippen LogP contribution in [0.3, 0.4) is 0 Å². The van der Waals surface area contributed by atoms with Crippen LogP contribution in [-0.2, 0) is 6.42 Å². The number of aromatic nitrogens is 2. The maximum absolute atomic E-state index is 5.88. The topological polar surface area (TPSA) is 47.1 Å². The van der Waals surface area contributed by atoms with Gasteiger partial charge in [-0.2, -0.15) is 0 Å². The first kappa shape index (κ1) is 18.4. The normalized spacial score (nSPS) is 11.0. The Balaban J connectivity index is 1.68. The van der Waals surface area contributed by atoms with Gasteiger partial charge >= 0.3 is 0 Å². The van der Waals surface area contributed by atoms with E-state index in [1.165, 1.54) is 23.2 Å². The van der Waals surface area contributed by atoms with Crippen molar-refractivity contribution in [3.63, 3.8) is 0 Å². The number of aromatic amines is 1. The summed E-state index contributed by atoms with van der Waals surface area (Å²) in [6, 6.07) is 16.4. The third-order valence-electron chi connectivity index (χ3n) is 3.95. The summed E-state index contributed by atoms with van der Waals surface area (Å²) in [5, 5.41) is 7.34. The summed E-state index contributed by atoms with van der Waals surface area (Å²) in [4.78, 5) is 1.05. The van der Waals surface area contributed by atoms with E-state index in [9.17, 15) is 0 Å². The molecule has 2 aromatic carbocycles. The lowest BCUT2D eigenvalue weighted by molar-refractivity contribution is 0.242. The van der Waals surface area contributed by atoms with Crippen LogP contribution >= 0.6 is 12.0 Å². The van der Waals surface area contributed by atoms with Gasteiger partial charge in [0.2, 0.25) is 0 Å². The van der Waals surface area contributed by atoms with Crippen LogP contribution in [0.15, 0.2) is 53.4 Å². The fraction of sp³-hybridized carbons (Fsp3) is 0.286. The minimum atomic E-state index is 0.177. The average molecular weight is 369 g/mol. The number of nitrogens with zero attached hydrogens (tertiary/aromatic N) is 1. The van der Waals surface area contributed by atoms with E-state index in [1.807, 2.05) is 45.0 Å². The molecule has 0 atom stereocenters. The predicted molar refractivity (Wildman–Crippen MR) is 106 cm³/mol. The third-order valence-corrected chi connectivity index (χ3v) is 4.66. The molecule has 0 aliphatic heterocycles. The Bertz CT molecular complexity index is 839. The predicted octanol–water partition coefficient (Wildman–Crippen LogP) is 5.49. The van der Waals surface area contributed by atoms with Gasteiger partial charge < -0.3 is 8.92 Å². The van der Waals surface area contributed by atoms with E-state index in [4.69, 9.17) is 8.92 Å². The van der Waals surface area contributed by atoms with Crippen molar-refractivity contribution in [3.05, 3.63) is 70.9 Å². The zero-order valence-electron chi connectivity index (χ0n) is 15.6. The van der Waals surface area contributed by atoms with Gasteiger partial charge in [0.15, 0.2) is 0 Å². The molecule has 1 N–H and O–H groups in total. The maximum atomic E-state index is 5.88. The molecule has 0 bridgehead atoms. The Morgan fingerprint density at radius 2 is 1.69 bits per heavy atom. The Morgan fingerprint density at radius 1 is 1.00 bits per heavy atom. The van der Waals surface area contributed by atoms with Crippen molar-refractivity contribution in [1.29, 1.82) is 0 Å². The molecule has 4 nitrogen and oxygen atoms in total. The Morgan fingerprint density at radius 3 is 2.35 bits per heavy atom. The van der Waals surface area contributed by atoms with Gasteiger partial charge in [0.25, 0.3) is 5.88 Å². The largest absolute Gasteiger partial charge is 0.491 e. The van der Waals surface area contributed by atoms with Gasteiger partial charge in [-0.1, -0.05) is 29.8 Å². The highest BCUT2D eigenvalue weighted by Crippen LogP contribution is 2.29. The van der Waals surface area contributed by atoms with E-state index >= 15 is 0 Å². The van der Waals surface area contributed by atoms with Crippen molar-refractivity contribution in [2.75, 3.05) is 0 Å². The molecular weight excluding hydrogens is 344 g/mol. The summed E-state index contributed by atoms with van der Waals surface area (Å²) in [6.07, 6.45) is 0.935. The molecule has 0 radical (unpaired) electrons. The summed E-state index contributed by atoms with van der Waals surface area (Å²) < 4.78 is 11.6. The standard InChI is InChI=1S/C21H24N2O2S/c1-14(2)24-18-9-7-17(8-10-18)13-20-16(4)22-23-21(20)25-26-19-11-5-15(3)6-12-19/h5-12,14H,13H2,1-4H3,(H,22,23). The molecule has 1 aromatic heterocycles. The first-order valence-electron chi connectivity index (χ1n) is 8.72. The number of benzene rings is 2. The second kappa shape index (κ2) is 8.32. The average Bonchev–Trinajstić information content (AvgIpc) is 2.96. The molecule has 3 aromatic rings. The lowest BCUT2D eigenvalue weighted by atomic mass is 10.1. The summed E-state index contributed by atoms with van der Waals surface area (Å²) in [6.45, 7) is 8.14. The lowest BCUT2D eigenvalue weighted by Gasteiger charge is -2.10. The third kappa shape index (κ3) is 4.82. The zero-order chi connectivity index (χ0) is 18.5. The molecule has 5 heteroatoms. The highest BCUT2D eigenvalue weighted by molar-refractivity contribution is 7.95. The molecule has 0 unspecified atom stereocenters. The van der Waals surface area contributed by atoms with Gasteiger partial charge in [-0.05, 0) is 57.5 Å². The van der Waals surface area contributed by atoms with Crippen molar-refractivity contribution >= 4 is 12.0 Å². The first-order chi connectivity index (χ1) is 12.5. The van der Waals surface area contributed by atoms with Crippen LogP contribution in [0.2, 0.25) is 0 Å². The van der Waals surface area contributed by atoms with Crippen LogP contribution in [0.1, 0.15) is 36.2 Å². The molecule has 0 fully saturated rings. The molecular formula is C21H24N2O2S. The molecule has 0 aliphatic rings. The number of aryl methyl sites for hydroxylation is 2. The zero-order valence-corrected chi connectivity index (χ0v) is 16.4. The Kier molecular flexibility index (Phi) is 5.89. The molecule has 1 heterocycles. The van der Waals surface area contributed by atoms with E-state index in [0.717, 1.165) is 28.3 Å². The molecule has 0 aliphatic carbocycles. The second-order valence-corrected chi connectivity index (χ2v) is 7.40. The number of hydrogen-bond donors (Lipinski definition) is 1. The smallest absolute Gasteiger partial charge is 0.250 e. The quantitative estimate of drug-likeness (QED) is 0.560. The number of hydrogen-bond acceptors (Lipinski definition) is 4. The van der Waals surface area contributed by atoms with E-state index in [0.29, 0.717) is 5.88 Å². The summed E-state index contributed by atoms with van der Waals surface area (Å²) in [5.41, 5.74) is 4.51. The Labute approximate surface area is 159 Å². The molecule has 0 saturated carbocycles. The van der Waals surface area contributed by atoms with Gasteiger partial charge in [0.05, 0.1) is 18.1 Å². The number of ether oxygens (including phenoxy) is 1. The minimum absolute atomic E-state index is 0.177. The van der Waals surface area contributed by atoms with Crippen molar-refractivity contribution in [3.8, 4) is 11.6 Å². The highest BCUT2D eigenvalue weighted by Gasteiger charge is 2.13. The van der Waals surface area contributed by atoms with Crippen LogP contribution < -0.4 is 8.92 Å². The summed E-state index contributed by atoms with van der Waals surface area (Å²) >= 11 is 1.33. The van der Waals surface area contributed by atoms with Crippen LogP contribution in [0.5, 0.6) is 11.6 Å². The SMILES string of the molecule is Cc1ccc(SOc2n[nH]c(C)c2Cc2ccc(OC(C)C)cc2)cc1. The fourth-order valence-corrected chi connectivity index (χ4v) is 3.11. The monoisotopic (exact) mass is 368 g/mol. The lowest BCUT2D eigenvalue weighted by Crippen LogP contribution is -2.05. The van der Waals surface area contributed by atoms with Crippen molar-refractivity contribution in [2.45, 2.75) is 45.1 Å². The van der Waals surface area contributed by atoms with E-state index in [1.54, 1.807) is 0 Å². The number of H-pyrrole nitrogens is 1.